The summed E-state index contributed by atoms with van der Waals surface area (Å²) in [4.78, 5) is 32.7. The van der Waals surface area contributed by atoms with Crippen molar-refractivity contribution < 1.29 is 37.3 Å². The van der Waals surface area contributed by atoms with Gasteiger partial charge >= 0.3 is 0 Å². The minimum atomic E-state index is -3.98. The Hall–Kier alpha value is -3.39. The van der Waals surface area contributed by atoms with Crippen LogP contribution in [0.3, 0.4) is 0 Å². The second kappa shape index (κ2) is 18.4. The molecule has 4 atom stereocenters. The minimum Gasteiger partial charge on any atom is -0.497 e. The second-order valence-electron chi connectivity index (χ2n) is 13.0. The fourth-order valence-corrected chi connectivity index (χ4v) is 6.58. The van der Waals surface area contributed by atoms with E-state index in [2.05, 4.69) is 4.72 Å². The van der Waals surface area contributed by atoms with Crippen molar-refractivity contribution in [2.24, 2.45) is 5.92 Å². The highest BCUT2D eigenvalue weighted by Crippen LogP contribution is 2.30. The van der Waals surface area contributed by atoms with Crippen molar-refractivity contribution in [2.75, 3.05) is 65.8 Å². The van der Waals surface area contributed by atoms with Gasteiger partial charge in [0, 0.05) is 44.8 Å². The SMILES string of the molecule is COc1ccc(S(=O)(=O)Nc2ccc3c(c2)C(=O)N([C@H](C)CO)C[C@H](C)[C@@H](CN(C)C(=O)CCCN(C)C)OCCCC[C@H](C)O3)cc1. The van der Waals surface area contributed by atoms with E-state index in [0.29, 0.717) is 37.5 Å². The summed E-state index contributed by atoms with van der Waals surface area (Å²) in [7, 11) is 3.25. The molecule has 2 aromatic rings. The molecule has 268 valence electrons. The van der Waals surface area contributed by atoms with Crippen molar-refractivity contribution in [3.63, 3.8) is 0 Å². The van der Waals surface area contributed by atoms with E-state index in [0.717, 1.165) is 25.8 Å². The van der Waals surface area contributed by atoms with Crippen LogP contribution in [0.15, 0.2) is 47.4 Å². The first-order valence-electron chi connectivity index (χ1n) is 16.6. The van der Waals surface area contributed by atoms with Gasteiger partial charge in [-0.3, -0.25) is 14.3 Å². The molecule has 12 nitrogen and oxygen atoms in total. The van der Waals surface area contributed by atoms with E-state index in [1.54, 1.807) is 48.0 Å². The average Bonchev–Trinajstić information content (AvgIpc) is 3.05. The predicted octanol–water partition coefficient (Wildman–Crippen LogP) is 4.09. The number of aliphatic hydroxyl groups is 1. The molecule has 0 bridgehead atoms. The molecule has 3 rings (SSSR count). The third-order valence-corrected chi connectivity index (χ3v) is 9.95. The van der Waals surface area contributed by atoms with Gasteiger partial charge in [0.05, 0.1) is 42.4 Å². The summed E-state index contributed by atoms with van der Waals surface area (Å²) in [6.07, 6.45) is 2.94. The third-order valence-electron chi connectivity index (χ3n) is 8.55. The van der Waals surface area contributed by atoms with Gasteiger partial charge < -0.3 is 34.0 Å². The Labute approximate surface area is 286 Å². The highest BCUT2D eigenvalue weighted by Gasteiger charge is 2.31. The molecule has 0 aromatic heterocycles. The number of likely N-dealkylation sites (N-methyl/N-ethyl adjacent to an activating group) is 1. The number of hydrogen-bond acceptors (Lipinski definition) is 9. The van der Waals surface area contributed by atoms with Gasteiger partial charge in [-0.2, -0.15) is 0 Å². The van der Waals surface area contributed by atoms with Crippen LogP contribution in [0.5, 0.6) is 11.5 Å². The van der Waals surface area contributed by atoms with Gasteiger partial charge in [-0.15, -0.1) is 0 Å². The number of nitrogens with zero attached hydrogens (tertiary/aromatic N) is 3. The number of hydrogen-bond donors (Lipinski definition) is 2. The molecule has 48 heavy (non-hydrogen) atoms. The molecule has 13 heteroatoms. The summed E-state index contributed by atoms with van der Waals surface area (Å²) < 4.78 is 46.8. The number of carbonyl (C=O) groups is 2. The lowest BCUT2D eigenvalue weighted by molar-refractivity contribution is -0.132. The number of aliphatic hydroxyl groups excluding tert-OH is 1. The zero-order chi connectivity index (χ0) is 35.4. The molecule has 0 saturated heterocycles. The van der Waals surface area contributed by atoms with Crippen LogP contribution in [-0.2, 0) is 19.6 Å². The molecule has 1 heterocycles. The second-order valence-corrected chi connectivity index (χ2v) is 14.7. The third kappa shape index (κ3) is 11.4. The maximum atomic E-state index is 14.4. The smallest absolute Gasteiger partial charge is 0.261 e. The number of benzene rings is 2. The van der Waals surface area contributed by atoms with Crippen LogP contribution in [-0.4, -0.2) is 119 Å². The Balaban J connectivity index is 1.93. The van der Waals surface area contributed by atoms with Crippen LogP contribution in [0.4, 0.5) is 5.69 Å². The van der Waals surface area contributed by atoms with E-state index in [-0.39, 0.29) is 53.3 Å². The molecule has 0 fully saturated rings. The van der Waals surface area contributed by atoms with Gasteiger partial charge in [-0.25, -0.2) is 8.42 Å². The first-order valence-corrected chi connectivity index (χ1v) is 18.1. The quantitative estimate of drug-likeness (QED) is 0.337. The van der Waals surface area contributed by atoms with Crippen molar-refractivity contribution in [3.8, 4) is 11.5 Å². The lowest BCUT2D eigenvalue weighted by Gasteiger charge is -2.36. The van der Waals surface area contributed by atoms with Gasteiger partial charge in [-0.05, 0) is 103 Å². The number of ether oxygens (including phenoxy) is 3. The lowest BCUT2D eigenvalue weighted by atomic mass is 10.0. The van der Waals surface area contributed by atoms with E-state index in [1.807, 2.05) is 32.8 Å². The number of carbonyl (C=O) groups excluding carboxylic acids is 2. The normalized spacial score (nSPS) is 20.3. The monoisotopic (exact) mass is 690 g/mol. The fraction of sp³-hybridized carbons (Fsp3) is 0.600. The predicted molar refractivity (Wildman–Crippen MR) is 186 cm³/mol. The van der Waals surface area contributed by atoms with Gasteiger partial charge in [0.2, 0.25) is 5.91 Å². The zero-order valence-electron chi connectivity index (χ0n) is 29.5. The number of fused-ring (bicyclic) bond motifs is 1. The Morgan fingerprint density at radius 1 is 1.12 bits per heavy atom. The Kier molecular flexibility index (Phi) is 15.0. The molecule has 0 aliphatic carbocycles. The summed E-state index contributed by atoms with van der Waals surface area (Å²) in [6.45, 7) is 7.29. The highest BCUT2D eigenvalue weighted by molar-refractivity contribution is 7.92. The summed E-state index contributed by atoms with van der Waals surface area (Å²) in [5.74, 6) is 0.266. The molecule has 1 aliphatic heterocycles. The number of methoxy groups -OCH3 is 1. The molecular weight excluding hydrogens is 636 g/mol. The number of sulfonamides is 1. The van der Waals surface area contributed by atoms with E-state index >= 15 is 0 Å². The fourth-order valence-electron chi connectivity index (χ4n) is 5.53. The van der Waals surface area contributed by atoms with Crippen LogP contribution < -0.4 is 14.2 Å². The van der Waals surface area contributed by atoms with E-state index in [9.17, 15) is 23.1 Å². The number of rotatable bonds is 12. The summed E-state index contributed by atoms with van der Waals surface area (Å²) in [5.41, 5.74) is 0.363. The van der Waals surface area contributed by atoms with E-state index in [1.165, 1.54) is 25.3 Å². The maximum absolute atomic E-state index is 14.4. The molecular formula is C35H54N4O8S. The molecule has 0 spiro atoms. The van der Waals surface area contributed by atoms with Crippen molar-refractivity contribution in [3.05, 3.63) is 48.0 Å². The summed E-state index contributed by atoms with van der Waals surface area (Å²) >= 11 is 0. The summed E-state index contributed by atoms with van der Waals surface area (Å²) in [5, 5.41) is 10.2. The van der Waals surface area contributed by atoms with Crippen molar-refractivity contribution in [2.45, 2.75) is 76.0 Å². The largest absolute Gasteiger partial charge is 0.497 e. The van der Waals surface area contributed by atoms with Crippen molar-refractivity contribution >= 4 is 27.5 Å². The van der Waals surface area contributed by atoms with Gasteiger partial charge in [0.15, 0.2) is 0 Å². The van der Waals surface area contributed by atoms with Crippen LogP contribution >= 0.6 is 0 Å². The molecule has 2 N–H and O–H groups in total. The molecule has 0 unspecified atom stereocenters. The average molecular weight is 691 g/mol. The van der Waals surface area contributed by atoms with E-state index in [4.69, 9.17) is 14.2 Å². The Morgan fingerprint density at radius 2 is 1.83 bits per heavy atom. The number of amides is 2. The Bertz CT molecular complexity index is 1440. The standard InChI is InChI=1S/C35H54N4O8S/c1-25-22-39(26(2)24-40)35(42)31-21-28(36-48(43,44)30-16-14-29(45-7)15-17-30)13-18-32(31)47-27(3)11-8-9-20-46-33(25)23-38(6)34(41)12-10-19-37(4)5/h13-18,21,25-27,33,36,40H,8-12,19-20,22-24H2,1-7H3/t25-,26+,27-,33+/m0/s1. The van der Waals surface area contributed by atoms with Crippen LogP contribution in [0.25, 0.3) is 0 Å². The topological polar surface area (TPSA) is 138 Å². The zero-order valence-corrected chi connectivity index (χ0v) is 30.3. The van der Waals surface area contributed by atoms with E-state index < -0.39 is 22.0 Å². The molecule has 2 aromatic carbocycles. The first kappa shape index (κ1) is 39.1. The van der Waals surface area contributed by atoms with Crippen LogP contribution in [0, 0.1) is 5.92 Å². The lowest BCUT2D eigenvalue weighted by Crippen LogP contribution is -2.48. The first-order chi connectivity index (χ1) is 22.7. The van der Waals surface area contributed by atoms with Crippen LogP contribution in [0.1, 0.15) is 63.2 Å². The van der Waals surface area contributed by atoms with Gasteiger partial charge in [0.25, 0.3) is 15.9 Å². The number of anilines is 1. The van der Waals surface area contributed by atoms with Crippen LogP contribution in [0.2, 0.25) is 0 Å². The molecule has 2 amide bonds. The molecule has 0 saturated carbocycles. The Morgan fingerprint density at radius 3 is 2.48 bits per heavy atom. The maximum Gasteiger partial charge on any atom is 0.261 e. The van der Waals surface area contributed by atoms with Crippen molar-refractivity contribution in [1.82, 2.24) is 14.7 Å². The van der Waals surface area contributed by atoms with Crippen molar-refractivity contribution in [1.29, 1.82) is 0 Å². The summed E-state index contributed by atoms with van der Waals surface area (Å²) in [6, 6.07) is 10.1. The minimum absolute atomic E-state index is 0.0354. The highest BCUT2D eigenvalue weighted by atomic mass is 32.2. The number of nitrogens with one attached hydrogen (secondary N) is 1. The molecule has 1 aliphatic rings. The van der Waals surface area contributed by atoms with Gasteiger partial charge in [0.1, 0.15) is 11.5 Å². The van der Waals surface area contributed by atoms with Gasteiger partial charge in [-0.1, -0.05) is 6.92 Å². The molecule has 0 radical (unpaired) electrons.